The number of benzene rings is 2. The molecule has 156 valence electrons. The lowest BCUT2D eigenvalue weighted by atomic mass is 9.93. The lowest BCUT2D eigenvalue weighted by Gasteiger charge is -2.27. The van der Waals surface area contributed by atoms with Crippen LogP contribution in [0.3, 0.4) is 0 Å². The van der Waals surface area contributed by atoms with Crippen LogP contribution in [0, 0.1) is 0 Å². The Bertz CT molecular complexity index is 1360. The summed E-state index contributed by atoms with van der Waals surface area (Å²) in [6.07, 6.45) is 9.21. The van der Waals surface area contributed by atoms with Crippen LogP contribution in [-0.2, 0) is 0 Å². The highest BCUT2D eigenvalue weighted by atomic mass is 15.2. The normalized spacial score (nSPS) is 13.8. The molecule has 32 heavy (non-hydrogen) atoms. The van der Waals surface area contributed by atoms with Gasteiger partial charge in [-0.15, -0.1) is 0 Å². The van der Waals surface area contributed by atoms with E-state index in [1.807, 2.05) is 48.7 Å². The number of nitrogens with zero attached hydrogens (tertiary/aromatic N) is 5. The van der Waals surface area contributed by atoms with E-state index in [2.05, 4.69) is 44.1 Å². The minimum Gasteiger partial charge on any atom is -0.382 e. The molecule has 3 aromatic heterocycles. The van der Waals surface area contributed by atoms with Crippen molar-refractivity contribution < 1.29 is 0 Å². The number of nitrogens with one attached hydrogen (secondary N) is 1. The van der Waals surface area contributed by atoms with Gasteiger partial charge in [-0.05, 0) is 55.7 Å². The van der Waals surface area contributed by atoms with Crippen LogP contribution in [0.2, 0.25) is 0 Å². The molecule has 1 fully saturated rings. The van der Waals surface area contributed by atoms with E-state index in [1.54, 1.807) is 12.4 Å². The molecule has 0 atom stereocenters. The fraction of sp³-hybridized carbons (Fsp3) is 0.154. The maximum atomic E-state index is 4.91. The molecule has 6 heteroatoms. The van der Waals surface area contributed by atoms with E-state index < -0.39 is 0 Å². The first kappa shape index (κ1) is 18.7. The Morgan fingerprint density at radius 1 is 0.812 bits per heavy atom. The molecule has 0 unspecified atom stereocenters. The van der Waals surface area contributed by atoms with Gasteiger partial charge < -0.3 is 5.32 Å². The fourth-order valence-corrected chi connectivity index (χ4v) is 4.03. The summed E-state index contributed by atoms with van der Waals surface area (Å²) in [5.41, 5.74) is 5.58. The Balaban J connectivity index is 1.50. The van der Waals surface area contributed by atoms with E-state index in [0.717, 1.165) is 39.5 Å². The summed E-state index contributed by atoms with van der Waals surface area (Å²) in [5, 5.41) is 3.60. The van der Waals surface area contributed by atoms with Gasteiger partial charge in [-0.1, -0.05) is 30.3 Å². The van der Waals surface area contributed by atoms with Crippen LogP contribution in [0.4, 0.5) is 5.69 Å². The minimum atomic E-state index is 0.599. The number of anilines is 1. The van der Waals surface area contributed by atoms with Crippen molar-refractivity contribution in [2.75, 3.05) is 5.32 Å². The molecule has 0 amide bonds. The summed E-state index contributed by atoms with van der Waals surface area (Å²) in [6, 6.07) is 23.1. The lowest BCUT2D eigenvalue weighted by molar-refractivity contribution is 0.445. The van der Waals surface area contributed by atoms with Crippen LogP contribution in [0.15, 0.2) is 85.3 Å². The summed E-state index contributed by atoms with van der Waals surface area (Å²) >= 11 is 0. The SMILES string of the molecule is c1ccc(-c2ncc3nc(-c4cccnc4)n(-c4ccc(NC5CCC5)cc4)c3n2)cc1. The van der Waals surface area contributed by atoms with Gasteiger partial charge in [0.2, 0.25) is 0 Å². The monoisotopic (exact) mass is 418 g/mol. The number of fused-ring (bicyclic) bond motifs is 1. The van der Waals surface area contributed by atoms with Crippen LogP contribution in [-0.4, -0.2) is 30.5 Å². The molecule has 1 aliphatic rings. The van der Waals surface area contributed by atoms with Crippen molar-refractivity contribution >= 4 is 16.9 Å². The quantitative estimate of drug-likeness (QED) is 0.408. The molecule has 0 saturated heterocycles. The smallest absolute Gasteiger partial charge is 0.169 e. The fourth-order valence-electron chi connectivity index (χ4n) is 4.03. The van der Waals surface area contributed by atoms with Gasteiger partial charge in [0.05, 0.1) is 6.20 Å². The number of pyridine rings is 1. The maximum absolute atomic E-state index is 4.91. The van der Waals surface area contributed by atoms with Gasteiger partial charge in [-0.2, -0.15) is 0 Å². The second-order valence-corrected chi connectivity index (χ2v) is 8.10. The topological polar surface area (TPSA) is 68.5 Å². The Morgan fingerprint density at radius 2 is 1.62 bits per heavy atom. The summed E-state index contributed by atoms with van der Waals surface area (Å²) in [4.78, 5) is 18.6. The third-order valence-electron chi connectivity index (χ3n) is 5.95. The summed E-state index contributed by atoms with van der Waals surface area (Å²) in [6.45, 7) is 0. The number of hydrogen-bond acceptors (Lipinski definition) is 5. The van der Waals surface area contributed by atoms with E-state index in [4.69, 9.17) is 9.97 Å². The predicted molar refractivity (Wildman–Crippen MR) is 127 cm³/mol. The molecule has 0 radical (unpaired) electrons. The van der Waals surface area contributed by atoms with Gasteiger partial charge in [0.25, 0.3) is 0 Å². The van der Waals surface area contributed by atoms with E-state index >= 15 is 0 Å². The minimum absolute atomic E-state index is 0.599. The molecule has 6 nitrogen and oxygen atoms in total. The molecular formula is C26H22N6. The summed E-state index contributed by atoms with van der Waals surface area (Å²) < 4.78 is 2.09. The van der Waals surface area contributed by atoms with Gasteiger partial charge in [-0.3, -0.25) is 9.55 Å². The van der Waals surface area contributed by atoms with Crippen molar-refractivity contribution in [3.63, 3.8) is 0 Å². The third-order valence-corrected chi connectivity index (χ3v) is 5.95. The molecular weight excluding hydrogens is 396 g/mol. The number of imidazole rings is 1. The Kier molecular flexibility index (Phi) is 4.61. The standard InChI is InChI=1S/C26H22N6/c1-2-6-18(7-3-1)24-28-17-23-26(31-24)32(25(30-23)19-8-5-15-27-16-19)22-13-11-21(12-14-22)29-20-9-4-10-20/h1-3,5-8,11-17,20,29H,4,9-10H2. The second-order valence-electron chi connectivity index (χ2n) is 8.10. The molecule has 6 rings (SSSR count). The lowest BCUT2D eigenvalue weighted by Crippen LogP contribution is -2.26. The third kappa shape index (κ3) is 3.39. The van der Waals surface area contributed by atoms with Gasteiger partial charge >= 0.3 is 0 Å². The Morgan fingerprint density at radius 3 is 2.34 bits per heavy atom. The summed E-state index contributed by atoms with van der Waals surface area (Å²) in [5.74, 6) is 1.48. The number of hydrogen-bond donors (Lipinski definition) is 1. The first-order valence-electron chi connectivity index (χ1n) is 10.9. The highest BCUT2D eigenvalue weighted by molar-refractivity contribution is 5.81. The van der Waals surface area contributed by atoms with Crippen LogP contribution in [0.25, 0.3) is 39.6 Å². The first-order valence-corrected chi connectivity index (χ1v) is 10.9. The van der Waals surface area contributed by atoms with E-state index in [9.17, 15) is 0 Å². The average Bonchev–Trinajstić information content (AvgIpc) is 3.22. The van der Waals surface area contributed by atoms with Gasteiger partial charge in [0, 0.05) is 40.9 Å². The van der Waals surface area contributed by atoms with E-state index in [1.165, 1.54) is 19.3 Å². The van der Waals surface area contributed by atoms with Crippen molar-refractivity contribution in [1.82, 2.24) is 24.5 Å². The molecule has 1 N–H and O–H groups in total. The molecule has 2 aromatic carbocycles. The van der Waals surface area contributed by atoms with Crippen LogP contribution in [0.1, 0.15) is 19.3 Å². The van der Waals surface area contributed by atoms with E-state index in [0.29, 0.717) is 11.9 Å². The van der Waals surface area contributed by atoms with Gasteiger partial charge in [0.1, 0.15) is 11.3 Å². The second kappa shape index (κ2) is 7.89. The zero-order chi connectivity index (χ0) is 21.3. The molecule has 0 spiro atoms. The number of rotatable bonds is 5. The first-order chi connectivity index (χ1) is 15.8. The van der Waals surface area contributed by atoms with Crippen molar-refractivity contribution in [3.05, 3.63) is 85.3 Å². The van der Waals surface area contributed by atoms with Crippen LogP contribution < -0.4 is 5.32 Å². The Hall–Kier alpha value is -4.06. The van der Waals surface area contributed by atoms with Gasteiger partial charge in [-0.25, -0.2) is 15.0 Å². The predicted octanol–water partition coefficient (Wildman–Crippen LogP) is 5.51. The van der Waals surface area contributed by atoms with Gasteiger partial charge in [0.15, 0.2) is 11.5 Å². The average molecular weight is 419 g/mol. The zero-order valence-electron chi connectivity index (χ0n) is 17.5. The molecule has 1 saturated carbocycles. The number of aromatic nitrogens is 5. The Labute approximate surface area is 186 Å². The highest BCUT2D eigenvalue weighted by Gasteiger charge is 2.19. The zero-order valence-corrected chi connectivity index (χ0v) is 17.5. The molecule has 3 heterocycles. The summed E-state index contributed by atoms with van der Waals surface area (Å²) in [7, 11) is 0. The molecule has 1 aliphatic carbocycles. The largest absolute Gasteiger partial charge is 0.382 e. The van der Waals surface area contributed by atoms with Crippen molar-refractivity contribution in [3.8, 4) is 28.5 Å². The van der Waals surface area contributed by atoms with Crippen molar-refractivity contribution in [2.24, 2.45) is 0 Å². The van der Waals surface area contributed by atoms with Crippen molar-refractivity contribution in [1.29, 1.82) is 0 Å². The van der Waals surface area contributed by atoms with Crippen LogP contribution in [0.5, 0.6) is 0 Å². The van der Waals surface area contributed by atoms with Crippen molar-refractivity contribution in [2.45, 2.75) is 25.3 Å². The maximum Gasteiger partial charge on any atom is 0.169 e. The molecule has 0 aliphatic heterocycles. The van der Waals surface area contributed by atoms with Crippen LogP contribution >= 0.6 is 0 Å². The highest BCUT2D eigenvalue weighted by Crippen LogP contribution is 2.30. The molecule has 0 bridgehead atoms. The molecule has 5 aromatic rings. The van der Waals surface area contributed by atoms with E-state index in [-0.39, 0.29) is 0 Å².